The van der Waals surface area contributed by atoms with E-state index in [0.717, 1.165) is 67.6 Å². The number of halogens is 6. The zero-order valence-electron chi connectivity index (χ0n) is 25.8. The van der Waals surface area contributed by atoms with Gasteiger partial charge in [0.05, 0.1) is 17.3 Å². The number of methoxy groups -OCH3 is 1. The third-order valence-corrected chi connectivity index (χ3v) is 8.13. The molecule has 1 aliphatic rings. The van der Waals surface area contributed by atoms with Crippen molar-refractivity contribution in [2.45, 2.75) is 45.1 Å². The van der Waals surface area contributed by atoms with E-state index >= 15 is 0 Å². The summed E-state index contributed by atoms with van der Waals surface area (Å²) < 4.78 is 71.8. The van der Waals surface area contributed by atoms with Gasteiger partial charge in [-0.2, -0.15) is 26.3 Å². The molecule has 0 atom stereocenters. The summed E-state index contributed by atoms with van der Waals surface area (Å²) >= 11 is 1.35. The molecular weight excluding hydrogens is 662 g/mol. The number of hydrogen-bond donors (Lipinski definition) is 3. The lowest BCUT2D eigenvalue weighted by atomic mass is 10.1. The number of nitrogens with one attached hydrogen (secondary N) is 1. The zero-order chi connectivity index (χ0) is 35.5. The number of amides is 1. The molecule has 1 aromatic carbocycles. The lowest BCUT2D eigenvalue weighted by Gasteiger charge is -2.32. The van der Waals surface area contributed by atoms with Crippen LogP contribution >= 0.6 is 11.3 Å². The minimum atomic E-state index is -5.08. The van der Waals surface area contributed by atoms with Crippen LogP contribution in [0.2, 0.25) is 0 Å². The molecule has 0 unspecified atom stereocenters. The van der Waals surface area contributed by atoms with E-state index in [1.807, 2.05) is 28.8 Å². The number of ether oxygens (including phenoxy) is 1. The number of likely N-dealkylation sites (N-methyl/N-ethyl adjacent to an activating group) is 1. The Morgan fingerprint density at radius 1 is 0.936 bits per heavy atom. The van der Waals surface area contributed by atoms with Gasteiger partial charge in [-0.25, -0.2) is 9.59 Å². The number of benzene rings is 1. The standard InChI is InChI=1S/C25H34N4O3S.2C2HF3O2/c1-4-5-13-29-19-10-7-6-9-18(19)22-20(25(29)31)21(32-3)23(33-22)24(30)26-11-8-12-28-16-14-27(2)15-17-28;2*3-2(4,5)1(6)7/h6-7,9-10H,4-5,8,11-17H2,1-3H3,(H,26,30);2*(H,6,7). The van der Waals surface area contributed by atoms with Crippen molar-refractivity contribution in [3.05, 3.63) is 39.5 Å². The predicted octanol–water partition coefficient (Wildman–Crippen LogP) is 4.66. The second-order valence-corrected chi connectivity index (χ2v) is 11.4. The first-order valence-electron chi connectivity index (χ1n) is 14.3. The van der Waals surface area contributed by atoms with E-state index in [-0.39, 0.29) is 11.5 Å². The zero-order valence-corrected chi connectivity index (χ0v) is 26.7. The summed E-state index contributed by atoms with van der Waals surface area (Å²) in [6.07, 6.45) is -7.35. The highest BCUT2D eigenvalue weighted by atomic mass is 32.1. The van der Waals surface area contributed by atoms with Gasteiger partial charge in [0, 0.05) is 44.7 Å². The Hall–Kier alpha value is -3.90. The van der Waals surface area contributed by atoms with Gasteiger partial charge in [0.15, 0.2) is 5.75 Å². The largest absolute Gasteiger partial charge is 0.494 e. The van der Waals surface area contributed by atoms with Crippen molar-refractivity contribution < 1.29 is 55.7 Å². The number of alkyl halides is 6. The fourth-order valence-corrected chi connectivity index (χ4v) is 5.70. The molecule has 11 nitrogen and oxygen atoms in total. The number of nitrogens with zero attached hydrogens (tertiary/aromatic N) is 3. The topological polar surface area (TPSA) is 141 Å². The van der Waals surface area contributed by atoms with Gasteiger partial charge < -0.3 is 34.6 Å². The smallest absolute Gasteiger partial charge is 0.490 e. The van der Waals surface area contributed by atoms with Gasteiger partial charge in [-0.15, -0.1) is 11.3 Å². The fourth-order valence-electron chi connectivity index (χ4n) is 4.48. The molecule has 2 aromatic heterocycles. The first kappa shape index (κ1) is 39.3. The van der Waals surface area contributed by atoms with Crippen LogP contribution in [0.25, 0.3) is 21.0 Å². The molecule has 1 amide bonds. The summed E-state index contributed by atoms with van der Waals surface area (Å²) in [5.74, 6) is -5.29. The number of carbonyl (C=O) groups is 3. The number of hydrogen-bond acceptors (Lipinski definition) is 8. The lowest BCUT2D eigenvalue weighted by Crippen LogP contribution is -2.45. The quantitative estimate of drug-likeness (QED) is 0.215. The molecule has 3 N–H and O–H groups in total. The van der Waals surface area contributed by atoms with Crippen molar-refractivity contribution in [1.29, 1.82) is 0 Å². The first-order chi connectivity index (χ1) is 21.9. The molecule has 0 radical (unpaired) electrons. The molecule has 1 saturated heterocycles. The van der Waals surface area contributed by atoms with Crippen molar-refractivity contribution >= 4 is 50.2 Å². The Bertz CT molecular complexity index is 1560. The molecule has 262 valence electrons. The minimum Gasteiger partial charge on any atom is -0.494 e. The number of thiophene rings is 1. The third-order valence-electron chi connectivity index (χ3n) is 6.93. The summed E-state index contributed by atoms with van der Waals surface area (Å²) in [4.78, 5) is 49.6. The predicted molar refractivity (Wildman–Crippen MR) is 163 cm³/mol. The number of para-hydroxylation sites is 1. The van der Waals surface area contributed by atoms with Crippen LogP contribution in [0.4, 0.5) is 26.3 Å². The number of carboxylic acids is 2. The van der Waals surface area contributed by atoms with Crippen LogP contribution in [0.3, 0.4) is 0 Å². The van der Waals surface area contributed by atoms with E-state index in [4.69, 9.17) is 24.5 Å². The first-order valence-corrected chi connectivity index (χ1v) is 15.2. The average molecular weight is 699 g/mol. The molecule has 0 bridgehead atoms. The van der Waals surface area contributed by atoms with Gasteiger partial charge in [0.2, 0.25) is 0 Å². The van der Waals surface area contributed by atoms with Crippen LogP contribution in [-0.2, 0) is 16.1 Å². The highest BCUT2D eigenvalue weighted by Gasteiger charge is 2.39. The maximum atomic E-state index is 13.5. The summed E-state index contributed by atoms with van der Waals surface area (Å²) in [5, 5.41) is 18.8. The van der Waals surface area contributed by atoms with Crippen LogP contribution in [0.5, 0.6) is 5.75 Å². The van der Waals surface area contributed by atoms with Crippen LogP contribution in [0.15, 0.2) is 29.1 Å². The molecule has 3 aromatic rings. The summed E-state index contributed by atoms with van der Waals surface area (Å²) in [7, 11) is 3.69. The summed E-state index contributed by atoms with van der Waals surface area (Å²) in [5.41, 5.74) is 0.825. The second-order valence-electron chi connectivity index (χ2n) is 10.4. The normalized spacial score (nSPS) is 14.1. The number of aromatic nitrogens is 1. The molecule has 4 rings (SSSR count). The van der Waals surface area contributed by atoms with Crippen LogP contribution in [0, 0.1) is 0 Å². The molecule has 0 aliphatic carbocycles. The van der Waals surface area contributed by atoms with Gasteiger partial charge >= 0.3 is 24.3 Å². The van der Waals surface area contributed by atoms with E-state index in [1.54, 1.807) is 0 Å². The van der Waals surface area contributed by atoms with Crippen molar-refractivity contribution in [2.75, 3.05) is 53.4 Å². The van der Waals surface area contributed by atoms with Crippen LogP contribution in [0.1, 0.15) is 35.9 Å². The minimum absolute atomic E-state index is 0.0839. The molecule has 1 aliphatic heterocycles. The Morgan fingerprint density at radius 2 is 1.49 bits per heavy atom. The Labute approximate surface area is 269 Å². The number of unbranched alkanes of at least 4 members (excludes halogenated alkanes) is 1. The highest BCUT2D eigenvalue weighted by molar-refractivity contribution is 7.22. The number of aliphatic carboxylic acids is 2. The SMILES string of the molecule is CCCCn1c(=O)c2c(OC)c(C(=O)NCCCN3CCN(C)CC3)sc2c2ccccc21.O=C(O)C(F)(F)F.O=C(O)C(F)(F)F. The maximum absolute atomic E-state index is 13.5. The van der Waals surface area contributed by atoms with Crippen molar-refractivity contribution in [2.24, 2.45) is 0 Å². The van der Waals surface area contributed by atoms with E-state index in [1.165, 1.54) is 18.4 Å². The van der Waals surface area contributed by atoms with Gasteiger partial charge in [-0.05, 0) is 32.5 Å². The molecule has 0 spiro atoms. The van der Waals surface area contributed by atoms with Crippen LogP contribution in [-0.4, -0.2) is 108 Å². The molecule has 18 heteroatoms. The van der Waals surface area contributed by atoms with Crippen molar-refractivity contribution in [3.8, 4) is 5.75 Å². The van der Waals surface area contributed by atoms with Gasteiger partial charge in [0.25, 0.3) is 11.5 Å². The third kappa shape index (κ3) is 11.1. The van der Waals surface area contributed by atoms with Crippen LogP contribution < -0.4 is 15.6 Å². The molecule has 3 heterocycles. The van der Waals surface area contributed by atoms with E-state index in [2.05, 4.69) is 29.1 Å². The van der Waals surface area contributed by atoms with Gasteiger partial charge in [0.1, 0.15) is 10.3 Å². The van der Waals surface area contributed by atoms with Crippen molar-refractivity contribution in [3.63, 3.8) is 0 Å². The molecule has 0 saturated carbocycles. The van der Waals surface area contributed by atoms with E-state index < -0.39 is 24.3 Å². The Morgan fingerprint density at radius 3 is 2.00 bits per heavy atom. The van der Waals surface area contributed by atoms with E-state index in [9.17, 15) is 35.9 Å². The average Bonchev–Trinajstić information content (AvgIpc) is 3.40. The monoisotopic (exact) mass is 698 g/mol. The number of fused-ring (bicyclic) bond motifs is 3. The molecule has 47 heavy (non-hydrogen) atoms. The maximum Gasteiger partial charge on any atom is 0.490 e. The Kier molecular flexibility index (Phi) is 14.5. The highest BCUT2D eigenvalue weighted by Crippen LogP contribution is 2.39. The van der Waals surface area contributed by atoms with Gasteiger partial charge in [-0.3, -0.25) is 9.59 Å². The number of carboxylic acid groups (broad SMARTS) is 2. The van der Waals surface area contributed by atoms with E-state index in [0.29, 0.717) is 29.1 Å². The molecular formula is C29H36F6N4O7S. The van der Waals surface area contributed by atoms with Gasteiger partial charge in [-0.1, -0.05) is 31.5 Å². The number of pyridine rings is 1. The summed E-state index contributed by atoms with van der Waals surface area (Å²) in [6.45, 7) is 8.68. The number of carbonyl (C=O) groups excluding carboxylic acids is 1. The Balaban J connectivity index is 0.000000459. The number of rotatable bonds is 9. The lowest BCUT2D eigenvalue weighted by molar-refractivity contribution is -0.193. The number of aryl methyl sites for hydroxylation is 1. The fraction of sp³-hybridized carbons (Fsp3) is 0.517. The van der Waals surface area contributed by atoms with Crippen molar-refractivity contribution in [1.82, 2.24) is 19.7 Å². The summed E-state index contributed by atoms with van der Waals surface area (Å²) in [6, 6.07) is 7.93. The number of piperazine rings is 1. The second kappa shape index (κ2) is 17.3. The molecule has 1 fully saturated rings.